The average molecular weight is 409 g/mol. The van der Waals surface area contributed by atoms with Crippen molar-refractivity contribution in [3.63, 3.8) is 0 Å². The fourth-order valence-electron chi connectivity index (χ4n) is 2.26. The molecule has 1 heterocycles. The Balaban J connectivity index is 1.64. The van der Waals surface area contributed by atoms with Gasteiger partial charge in [0, 0.05) is 5.69 Å². The van der Waals surface area contributed by atoms with E-state index in [9.17, 15) is 21.6 Å². The van der Waals surface area contributed by atoms with Crippen molar-refractivity contribution in [3.05, 3.63) is 77.4 Å². The van der Waals surface area contributed by atoms with Crippen LogP contribution in [0.1, 0.15) is 22.8 Å². The van der Waals surface area contributed by atoms with Crippen LogP contribution in [0.2, 0.25) is 0 Å². The Labute approximate surface area is 158 Å². The monoisotopic (exact) mass is 409 g/mol. The summed E-state index contributed by atoms with van der Waals surface area (Å²) in [4.78, 5) is 3.22. The normalized spacial score (nSPS) is 12.4. The number of hydrogen-bond donors (Lipinski definition) is 1. The Morgan fingerprint density at radius 1 is 1.00 bits per heavy atom. The Hall–Kier alpha value is -3.14. The average Bonchev–Trinajstić information content (AvgIpc) is 3.11. The summed E-state index contributed by atoms with van der Waals surface area (Å²) in [6, 6.07) is 15.0. The van der Waals surface area contributed by atoms with E-state index in [0.717, 1.165) is 0 Å². The fourth-order valence-corrected chi connectivity index (χ4v) is 3.46. The topological polar surface area (TPSA) is 85.1 Å². The molecule has 28 heavy (non-hydrogen) atoms. The molecule has 3 rings (SSSR count). The number of hydrogen-bond acceptors (Lipinski definition) is 5. The van der Waals surface area contributed by atoms with Crippen molar-refractivity contribution < 1.29 is 26.1 Å². The van der Waals surface area contributed by atoms with Gasteiger partial charge in [-0.25, -0.2) is 8.42 Å². The van der Waals surface area contributed by atoms with Crippen LogP contribution in [0.4, 0.5) is 18.9 Å². The number of halogens is 3. The highest BCUT2D eigenvalue weighted by Crippen LogP contribution is 2.27. The molecule has 0 spiro atoms. The molecule has 0 aliphatic rings. The quantitative estimate of drug-likeness (QED) is 0.660. The van der Waals surface area contributed by atoms with E-state index in [0.29, 0.717) is 16.8 Å². The van der Waals surface area contributed by atoms with Crippen molar-refractivity contribution in [1.82, 2.24) is 10.1 Å². The second-order valence-electron chi connectivity index (χ2n) is 5.76. The van der Waals surface area contributed by atoms with Gasteiger partial charge in [0.25, 0.3) is 0 Å². The Kier molecular flexibility index (Phi) is 5.50. The van der Waals surface area contributed by atoms with Crippen molar-refractivity contribution >= 4 is 27.9 Å². The molecule has 1 aromatic heterocycles. The second-order valence-corrected chi connectivity index (χ2v) is 7.48. The van der Waals surface area contributed by atoms with Gasteiger partial charge in [-0.3, -0.25) is 4.72 Å². The number of aromatic nitrogens is 2. The van der Waals surface area contributed by atoms with E-state index < -0.39 is 22.1 Å². The summed E-state index contributed by atoms with van der Waals surface area (Å²) in [7, 11) is -3.57. The van der Waals surface area contributed by atoms with Crippen LogP contribution in [-0.2, 0) is 22.0 Å². The van der Waals surface area contributed by atoms with Gasteiger partial charge in [0.05, 0.1) is 5.75 Å². The summed E-state index contributed by atoms with van der Waals surface area (Å²) in [5.41, 5.74) is 1.64. The van der Waals surface area contributed by atoms with Crippen LogP contribution < -0.4 is 4.72 Å². The molecule has 0 aliphatic heterocycles. The van der Waals surface area contributed by atoms with E-state index in [4.69, 9.17) is 0 Å². The zero-order chi connectivity index (χ0) is 20.2. The van der Waals surface area contributed by atoms with E-state index in [-0.39, 0.29) is 11.6 Å². The van der Waals surface area contributed by atoms with Crippen LogP contribution >= 0.6 is 0 Å². The zero-order valence-corrected chi connectivity index (χ0v) is 15.0. The van der Waals surface area contributed by atoms with E-state index in [1.54, 1.807) is 54.6 Å². The maximum atomic E-state index is 12.4. The molecular weight excluding hydrogens is 395 g/mol. The third-order valence-electron chi connectivity index (χ3n) is 3.49. The standard InChI is InChI=1S/C18H14F3N3O3S/c19-18(20,21)17-22-16(23-27-17)11-8-13-6-9-15(10-7-13)24-28(25,26)12-14-4-2-1-3-5-14/h1-11,24H,12H2. The SMILES string of the molecule is O=S(=O)(Cc1ccccc1)Nc1ccc(C=Cc2noc(C(F)(F)F)n2)cc1. The lowest BCUT2D eigenvalue weighted by molar-refractivity contribution is -0.159. The third kappa shape index (κ3) is 5.43. The van der Waals surface area contributed by atoms with Crippen LogP contribution in [0.5, 0.6) is 0 Å². The summed E-state index contributed by atoms with van der Waals surface area (Å²) in [6.07, 6.45) is -1.96. The highest BCUT2D eigenvalue weighted by Gasteiger charge is 2.38. The van der Waals surface area contributed by atoms with Crippen molar-refractivity contribution in [3.8, 4) is 0 Å². The molecule has 146 valence electrons. The minimum Gasteiger partial charge on any atom is -0.329 e. The molecule has 0 atom stereocenters. The van der Waals surface area contributed by atoms with Gasteiger partial charge < -0.3 is 4.52 Å². The van der Waals surface area contributed by atoms with Crippen molar-refractivity contribution in [2.45, 2.75) is 11.9 Å². The minimum absolute atomic E-state index is 0.158. The van der Waals surface area contributed by atoms with E-state index in [1.807, 2.05) is 0 Å². The van der Waals surface area contributed by atoms with Crippen LogP contribution in [0.3, 0.4) is 0 Å². The van der Waals surface area contributed by atoms with E-state index >= 15 is 0 Å². The van der Waals surface area contributed by atoms with Gasteiger partial charge in [-0.05, 0) is 29.3 Å². The molecule has 0 radical (unpaired) electrons. The first kappa shape index (κ1) is 19.6. The first-order chi connectivity index (χ1) is 13.2. The third-order valence-corrected chi connectivity index (χ3v) is 4.75. The van der Waals surface area contributed by atoms with Gasteiger partial charge in [0.1, 0.15) is 0 Å². The number of nitrogens with zero attached hydrogens (tertiary/aromatic N) is 2. The molecule has 0 saturated carbocycles. The fraction of sp³-hybridized carbons (Fsp3) is 0.111. The minimum atomic E-state index is -4.70. The molecule has 6 nitrogen and oxygen atoms in total. The maximum Gasteiger partial charge on any atom is 0.471 e. The highest BCUT2D eigenvalue weighted by atomic mass is 32.2. The van der Waals surface area contributed by atoms with Crippen LogP contribution in [0.15, 0.2) is 59.1 Å². The van der Waals surface area contributed by atoms with Gasteiger partial charge in [0.15, 0.2) is 5.82 Å². The molecule has 0 aliphatic carbocycles. The summed E-state index contributed by atoms with van der Waals surface area (Å²) < 4.78 is 68.2. The predicted molar refractivity (Wildman–Crippen MR) is 97.4 cm³/mol. The smallest absolute Gasteiger partial charge is 0.329 e. The summed E-state index contributed by atoms with van der Waals surface area (Å²) in [5.74, 6) is -1.80. The first-order valence-corrected chi connectivity index (χ1v) is 9.60. The molecule has 2 aromatic carbocycles. The maximum absolute atomic E-state index is 12.4. The predicted octanol–water partition coefficient (Wildman–Crippen LogP) is 4.20. The molecule has 3 aromatic rings. The van der Waals surface area contributed by atoms with Crippen molar-refractivity contribution in [1.29, 1.82) is 0 Å². The van der Waals surface area contributed by atoms with Gasteiger partial charge in [0.2, 0.25) is 10.0 Å². The lowest BCUT2D eigenvalue weighted by Gasteiger charge is -2.08. The van der Waals surface area contributed by atoms with Gasteiger partial charge >= 0.3 is 12.1 Å². The number of sulfonamides is 1. The summed E-state index contributed by atoms with van der Waals surface area (Å²) in [6.45, 7) is 0. The Bertz CT molecular complexity index is 1060. The van der Waals surface area contributed by atoms with Gasteiger partial charge in [-0.2, -0.15) is 18.2 Å². The molecule has 0 fully saturated rings. The summed E-state index contributed by atoms with van der Waals surface area (Å²) in [5, 5.41) is 3.22. The van der Waals surface area contributed by atoms with Crippen LogP contribution in [0.25, 0.3) is 12.2 Å². The molecule has 0 bridgehead atoms. The van der Waals surface area contributed by atoms with Gasteiger partial charge in [-0.1, -0.05) is 53.7 Å². The number of benzene rings is 2. The molecule has 1 N–H and O–H groups in total. The second kappa shape index (κ2) is 7.85. The first-order valence-electron chi connectivity index (χ1n) is 7.95. The van der Waals surface area contributed by atoms with Crippen molar-refractivity contribution in [2.75, 3.05) is 4.72 Å². The molecule has 0 unspecified atom stereocenters. The zero-order valence-electron chi connectivity index (χ0n) is 14.2. The molecule has 0 amide bonds. The lowest BCUT2D eigenvalue weighted by atomic mass is 10.2. The lowest BCUT2D eigenvalue weighted by Crippen LogP contribution is -2.14. The van der Waals surface area contributed by atoms with Crippen LogP contribution in [0, 0.1) is 0 Å². The number of alkyl halides is 3. The number of anilines is 1. The summed E-state index contributed by atoms with van der Waals surface area (Å²) >= 11 is 0. The molecular formula is C18H14F3N3O3S. The Morgan fingerprint density at radius 3 is 2.29 bits per heavy atom. The Morgan fingerprint density at radius 2 is 1.68 bits per heavy atom. The van der Waals surface area contributed by atoms with E-state index in [2.05, 4.69) is 19.4 Å². The van der Waals surface area contributed by atoms with Crippen molar-refractivity contribution in [2.24, 2.45) is 0 Å². The molecule has 10 heteroatoms. The molecule has 0 saturated heterocycles. The van der Waals surface area contributed by atoms with E-state index in [1.165, 1.54) is 12.2 Å². The largest absolute Gasteiger partial charge is 0.471 e. The number of rotatable bonds is 6. The highest BCUT2D eigenvalue weighted by molar-refractivity contribution is 7.91. The van der Waals surface area contributed by atoms with Gasteiger partial charge in [-0.15, -0.1) is 0 Å². The van der Waals surface area contributed by atoms with Crippen LogP contribution in [-0.4, -0.2) is 18.6 Å². The number of nitrogens with one attached hydrogen (secondary N) is 1.